The molecule has 0 aliphatic rings. The highest BCUT2D eigenvalue weighted by Gasteiger charge is 2.09. The van der Waals surface area contributed by atoms with Gasteiger partial charge in [-0.3, -0.25) is 4.79 Å². The number of rotatable bonds is 6. The van der Waals surface area contributed by atoms with E-state index in [4.69, 9.17) is 14.7 Å². The molecule has 0 radical (unpaired) electrons. The highest BCUT2D eigenvalue weighted by Crippen LogP contribution is 2.21. The van der Waals surface area contributed by atoms with E-state index in [0.717, 1.165) is 5.75 Å². The van der Waals surface area contributed by atoms with Gasteiger partial charge in [0.05, 0.1) is 17.2 Å². The summed E-state index contributed by atoms with van der Waals surface area (Å²) in [6.07, 6.45) is 0. The number of para-hydroxylation sites is 1. The minimum absolute atomic E-state index is 0.0986. The van der Waals surface area contributed by atoms with Crippen LogP contribution in [0.2, 0.25) is 0 Å². The fraction of sp³-hybridized carbons (Fsp3) is 0.176. The van der Waals surface area contributed by atoms with Crippen molar-refractivity contribution in [3.8, 4) is 17.6 Å². The summed E-state index contributed by atoms with van der Waals surface area (Å²) in [6.45, 7) is 2.12. The van der Waals surface area contributed by atoms with Crippen LogP contribution in [0.1, 0.15) is 22.8 Å². The molecule has 2 aromatic rings. The monoisotopic (exact) mass is 281 g/mol. The predicted octanol–water partition coefficient (Wildman–Crippen LogP) is 3.22. The highest BCUT2D eigenvalue weighted by molar-refractivity contribution is 5.97. The lowest BCUT2D eigenvalue weighted by atomic mass is 10.1. The molecule has 0 unspecified atom stereocenters. The molecule has 0 heterocycles. The van der Waals surface area contributed by atoms with Gasteiger partial charge in [0.2, 0.25) is 0 Å². The van der Waals surface area contributed by atoms with Crippen molar-refractivity contribution in [3.05, 3.63) is 59.7 Å². The van der Waals surface area contributed by atoms with Gasteiger partial charge in [-0.1, -0.05) is 18.2 Å². The SMILES string of the molecule is CC(=O)c1ccc(C#N)cc1OCCOc1ccccc1. The van der Waals surface area contributed by atoms with Crippen molar-refractivity contribution in [3.63, 3.8) is 0 Å². The summed E-state index contributed by atoms with van der Waals surface area (Å²) >= 11 is 0. The van der Waals surface area contributed by atoms with E-state index in [9.17, 15) is 4.79 Å². The molecule has 0 amide bonds. The molecule has 4 nitrogen and oxygen atoms in total. The van der Waals surface area contributed by atoms with Gasteiger partial charge in [0.1, 0.15) is 24.7 Å². The summed E-state index contributed by atoms with van der Waals surface area (Å²) in [4.78, 5) is 11.5. The molecule has 0 spiro atoms. The fourth-order valence-electron chi connectivity index (χ4n) is 1.83. The molecule has 0 N–H and O–H groups in total. The van der Waals surface area contributed by atoms with Crippen molar-refractivity contribution < 1.29 is 14.3 Å². The smallest absolute Gasteiger partial charge is 0.163 e. The topological polar surface area (TPSA) is 59.3 Å². The molecule has 0 aliphatic heterocycles. The normalized spacial score (nSPS) is 9.71. The van der Waals surface area contributed by atoms with E-state index in [0.29, 0.717) is 30.1 Å². The quantitative estimate of drug-likeness (QED) is 0.602. The van der Waals surface area contributed by atoms with Gasteiger partial charge in [-0.15, -0.1) is 0 Å². The first-order chi connectivity index (χ1) is 10.2. The minimum atomic E-state index is -0.0986. The third kappa shape index (κ3) is 4.08. The van der Waals surface area contributed by atoms with Crippen LogP contribution in [0.15, 0.2) is 48.5 Å². The van der Waals surface area contributed by atoms with Crippen molar-refractivity contribution in [2.24, 2.45) is 0 Å². The molecular formula is C17H15NO3. The molecule has 0 saturated carbocycles. The number of ether oxygens (including phenoxy) is 2. The maximum absolute atomic E-state index is 11.5. The number of carbonyl (C=O) groups is 1. The summed E-state index contributed by atoms with van der Waals surface area (Å²) in [5, 5.41) is 8.90. The summed E-state index contributed by atoms with van der Waals surface area (Å²) in [7, 11) is 0. The average molecular weight is 281 g/mol. The van der Waals surface area contributed by atoms with Crippen LogP contribution >= 0.6 is 0 Å². The van der Waals surface area contributed by atoms with Gasteiger partial charge in [0.15, 0.2) is 5.78 Å². The number of nitrogens with zero attached hydrogens (tertiary/aromatic N) is 1. The summed E-state index contributed by atoms with van der Waals surface area (Å²) < 4.78 is 11.1. The average Bonchev–Trinajstić information content (AvgIpc) is 2.52. The molecule has 21 heavy (non-hydrogen) atoms. The Bertz CT molecular complexity index is 659. The molecule has 0 aromatic heterocycles. The lowest BCUT2D eigenvalue weighted by molar-refractivity contribution is 0.101. The van der Waals surface area contributed by atoms with Crippen LogP contribution < -0.4 is 9.47 Å². The zero-order valence-corrected chi connectivity index (χ0v) is 11.7. The maximum atomic E-state index is 11.5. The van der Waals surface area contributed by atoms with Crippen LogP contribution in [-0.2, 0) is 0 Å². The molecule has 0 bridgehead atoms. The van der Waals surface area contributed by atoms with Crippen molar-refractivity contribution in [2.75, 3.05) is 13.2 Å². The van der Waals surface area contributed by atoms with Crippen molar-refractivity contribution >= 4 is 5.78 Å². The maximum Gasteiger partial charge on any atom is 0.163 e. The van der Waals surface area contributed by atoms with Crippen LogP contribution in [0.3, 0.4) is 0 Å². The first-order valence-electron chi connectivity index (χ1n) is 6.56. The lowest BCUT2D eigenvalue weighted by Crippen LogP contribution is -2.11. The Hall–Kier alpha value is -2.80. The number of ketones is 1. The molecule has 106 valence electrons. The van der Waals surface area contributed by atoms with Gasteiger partial charge in [-0.2, -0.15) is 5.26 Å². The molecule has 4 heteroatoms. The van der Waals surface area contributed by atoms with E-state index in [1.165, 1.54) is 6.92 Å². The lowest BCUT2D eigenvalue weighted by Gasteiger charge is -2.11. The predicted molar refractivity (Wildman–Crippen MR) is 78.6 cm³/mol. The molecular weight excluding hydrogens is 266 g/mol. The summed E-state index contributed by atoms with van der Waals surface area (Å²) in [6, 6.07) is 16.2. The van der Waals surface area contributed by atoms with Crippen molar-refractivity contribution in [1.82, 2.24) is 0 Å². The Balaban J connectivity index is 1.96. The minimum Gasteiger partial charge on any atom is -0.490 e. The van der Waals surface area contributed by atoms with Gasteiger partial charge in [-0.05, 0) is 37.3 Å². The van der Waals surface area contributed by atoms with Crippen LogP contribution in [-0.4, -0.2) is 19.0 Å². The van der Waals surface area contributed by atoms with E-state index < -0.39 is 0 Å². The number of carbonyl (C=O) groups excluding carboxylic acids is 1. The van der Waals surface area contributed by atoms with Gasteiger partial charge in [-0.25, -0.2) is 0 Å². The third-order valence-electron chi connectivity index (χ3n) is 2.84. The van der Waals surface area contributed by atoms with Crippen LogP contribution in [0.4, 0.5) is 0 Å². The Morgan fingerprint density at radius 3 is 2.48 bits per heavy atom. The Morgan fingerprint density at radius 1 is 1.10 bits per heavy atom. The standard InChI is InChI=1S/C17H15NO3/c1-13(19)16-8-7-14(12-18)11-17(16)21-10-9-20-15-5-3-2-4-6-15/h2-8,11H,9-10H2,1H3. The second kappa shape index (κ2) is 7.11. The van der Waals surface area contributed by atoms with Gasteiger partial charge >= 0.3 is 0 Å². The summed E-state index contributed by atoms with van der Waals surface area (Å²) in [5.41, 5.74) is 0.924. The van der Waals surface area contributed by atoms with Gasteiger partial charge in [0, 0.05) is 0 Å². The molecule has 0 aliphatic carbocycles. The van der Waals surface area contributed by atoms with Gasteiger partial charge in [0.25, 0.3) is 0 Å². The zero-order valence-electron chi connectivity index (χ0n) is 11.7. The molecule has 0 atom stereocenters. The number of Topliss-reactive ketones (excluding diaryl/α,β-unsaturated/α-hetero) is 1. The van der Waals surface area contributed by atoms with E-state index in [-0.39, 0.29) is 5.78 Å². The van der Waals surface area contributed by atoms with Crippen LogP contribution in [0.5, 0.6) is 11.5 Å². The Kier molecular flexibility index (Phi) is 4.94. The Morgan fingerprint density at radius 2 is 1.81 bits per heavy atom. The second-order valence-electron chi connectivity index (χ2n) is 4.39. The molecule has 2 rings (SSSR count). The number of benzene rings is 2. The van der Waals surface area contributed by atoms with E-state index in [1.54, 1.807) is 18.2 Å². The third-order valence-corrected chi connectivity index (χ3v) is 2.84. The van der Waals surface area contributed by atoms with Crippen LogP contribution in [0, 0.1) is 11.3 Å². The number of hydrogen-bond acceptors (Lipinski definition) is 4. The summed E-state index contributed by atoms with van der Waals surface area (Å²) in [5.74, 6) is 1.08. The number of nitriles is 1. The highest BCUT2D eigenvalue weighted by atomic mass is 16.5. The molecule has 0 saturated heterocycles. The van der Waals surface area contributed by atoms with Gasteiger partial charge < -0.3 is 9.47 Å². The van der Waals surface area contributed by atoms with E-state index >= 15 is 0 Å². The Labute approximate surface area is 123 Å². The number of hydrogen-bond donors (Lipinski definition) is 0. The van der Waals surface area contributed by atoms with E-state index in [1.807, 2.05) is 36.4 Å². The van der Waals surface area contributed by atoms with Crippen LogP contribution in [0.25, 0.3) is 0 Å². The fourth-order valence-corrected chi connectivity index (χ4v) is 1.83. The van der Waals surface area contributed by atoms with Crippen molar-refractivity contribution in [1.29, 1.82) is 5.26 Å². The zero-order chi connectivity index (χ0) is 15.1. The first-order valence-corrected chi connectivity index (χ1v) is 6.56. The van der Waals surface area contributed by atoms with Crippen molar-refractivity contribution in [2.45, 2.75) is 6.92 Å². The first kappa shape index (κ1) is 14.6. The second-order valence-corrected chi connectivity index (χ2v) is 4.39. The largest absolute Gasteiger partial charge is 0.490 e. The van der Waals surface area contributed by atoms with E-state index in [2.05, 4.69) is 0 Å². The molecule has 0 fully saturated rings. The molecule has 2 aromatic carbocycles.